The van der Waals surface area contributed by atoms with Crippen molar-refractivity contribution in [3.63, 3.8) is 0 Å². The van der Waals surface area contributed by atoms with E-state index in [0.717, 1.165) is 36.1 Å². The van der Waals surface area contributed by atoms with Crippen molar-refractivity contribution < 1.29 is 19.1 Å². The number of Topliss-reactive ketones (excluding diaryl/α,β-unsaturated/α-hetero) is 1. The van der Waals surface area contributed by atoms with Crippen LogP contribution in [-0.2, 0) is 17.8 Å². The average Bonchev–Trinajstić information content (AvgIpc) is 3.34. The van der Waals surface area contributed by atoms with Gasteiger partial charge in [-0.25, -0.2) is 0 Å². The van der Waals surface area contributed by atoms with Crippen molar-refractivity contribution >= 4 is 23.3 Å². The van der Waals surface area contributed by atoms with Crippen molar-refractivity contribution in [3.05, 3.63) is 125 Å². The van der Waals surface area contributed by atoms with Gasteiger partial charge in [0.25, 0.3) is 5.91 Å². The minimum Gasteiger partial charge on any atom is -0.457 e. The number of carbonyl (C=O) groups excluding carboxylic acids is 3. The van der Waals surface area contributed by atoms with Crippen LogP contribution in [0.25, 0.3) is 0 Å². The molecule has 6 heteroatoms. The Morgan fingerprint density at radius 2 is 1.62 bits per heavy atom. The predicted octanol–water partition coefficient (Wildman–Crippen LogP) is 7.61. The number of carbonyl (C=O) groups is 3. The molecule has 1 heterocycles. The van der Waals surface area contributed by atoms with Crippen LogP contribution in [0.4, 0.5) is 5.69 Å². The van der Waals surface area contributed by atoms with E-state index in [2.05, 4.69) is 29.6 Å². The Kier molecular flexibility index (Phi) is 9.12. The number of nitrogens with one attached hydrogen (secondary N) is 1. The second kappa shape index (κ2) is 13.3. The number of ether oxygens (including phenoxy) is 1. The second-order valence-electron chi connectivity index (χ2n) is 11.0. The number of anilines is 1. The largest absolute Gasteiger partial charge is 0.457 e. The highest BCUT2D eigenvalue weighted by atomic mass is 16.5. The van der Waals surface area contributed by atoms with Gasteiger partial charge in [-0.3, -0.25) is 14.4 Å². The van der Waals surface area contributed by atoms with E-state index < -0.39 is 0 Å². The fraction of sp³-hybridized carbons (Fsp3) is 0.250. The van der Waals surface area contributed by atoms with Gasteiger partial charge < -0.3 is 15.0 Å². The van der Waals surface area contributed by atoms with Gasteiger partial charge in [0, 0.05) is 41.9 Å². The van der Waals surface area contributed by atoms with Crippen molar-refractivity contribution in [2.75, 3.05) is 11.9 Å². The lowest BCUT2D eigenvalue weighted by Gasteiger charge is -2.20. The lowest BCUT2D eigenvalue weighted by molar-refractivity contribution is -0.128. The zero-order valence-corrected chi connectivity index (χ0v) is 24.1. The van der Waals surface area contributed by atoms with Crippen LogP contribution < -0.4 is 10.1 Å². The van der Waals surface area contributed by atoms with Crippen LogP contribution >= 0.6 is 0 Å². The molecule has 2 amide bonds. The van der Waals surface area contributed by atoms with E-state index in [4.69, 9.17) is 4.74 Å². The van der Waals surface area contributed by atoms with Gasteiger partial charge >= 0.3 is 0 Å². The molecule has 1 aliphatic heterocycles. The van der Waals surface area contributed by atoms with E-state index in [0.29, 0.717) is 48.1 Å². The third kappa shape index (κ3) is 7.52. The Balaban J connectivity index is 1.23. The van der Waals surface area contributed by atoms with E-state index in [9.17, 15) is 14.4 Å². The highest BCUT2D eigenvalue weighted by Crippen LogP contribution is 2.31. The van der Waals surface area contributed by atoms with Crippen molar-refractivity contribution in [2.45, 2.75) is 46.1 Å². The Hall–Kier alpha value is -4.71. The maximum absolute atomic E-state index is 12.9. The highest BCUT2D eigenvalue weighted by molar-refractivity contribution is 6.04. The van der Waals surface area contributed by atoms with E-state index >= 15 is 0 Å². The molecule has 1 aliphatic rings. The van der Waals surface area contributed by atoms with Crippen molar-refractivity contribution in [1.82, 2.24) is 4.90 Å². The smallest absolute Gasteiger partial charge is 0.255 e. The SMILES string of the molecule is CC(=O)c1ccc(CN2CC(CCCc3ccccc3)CC2=O)c(Oc2ccc(C(=O)Nc3ccc(C)cc3)cc2)c1. The molecular formula is C36H36N2O4. The Morgan fingerprint density at radius 1 is 0.905 bits per heavy atom. The van der Waals surface area contributed by atoms with E-state index in [1.807, 2.05) is 48.2 Å². The highest BCUT2D eigenvalue weighted by Gasteiger charge is 2.30. The first-order valence-corrected chi connectivity index (χ1v) is 14.5. The lowest BCUT2D eigenvalue weighted by Crippen LogP contribution is -2.25. The number of benzene rings is 4. The predicted molar refractivity (Wildman–Crippen MR) is 165 cm³/mol. The summed E-state index contributed by atoms with van der Waals surface area (Å²) in [6.45, 7) is 4.64. The molecule has 5 rings (SSSR count). The van der Waals surface area contributed by atoms with Gasteiger partial charge in [-0.15, -0.1) is 0 Å². The van der Waals surface area contributed by atoms with E-state index in [1.165, 1.54) is 12.5 Å². The summed E-state index contributed by atoms with van der Waals surface area (Å²) in [4.78, 5) is 39.6. The molecule has 1 fully saturated rings. The van der Waals surface area contributed by atoms with Gasteiger partial charge in [0.15, 0.2) is 5.78 Å². The minimum absolute atomic E-state index is 0.0646. The van der Waals surface area contributed by atoms with Gasteiger partial charge in [0.05, 0.1) is 0 Å². The molecule has 1 N–H and O–H groups in total. The topological polar surface area (TPSA) is 75.7 Å². The number of hydrogen-bond donors (Lipinski definition) is 1. The maximum Gasteiger partial charge on any atom is 0.255 e. The first kappa shape index (κ1) is 28.8. The first-order valence-electron chi connectivity index (χ1n) is 14.5. The van der Waals surface area contributed by atoms with Crippen LogP contribution in [-0.4, -0.2) is 29.0 Å². The summed E-state index contributed by atoms with van der Waals surface area (Å²) in [6.07, 6.45) is 3.63. The molecule has 0 radical (unpaired) electrons. The minimum atomic E-state index is -0.212. The van der Waals surface area contributed by atoms with E-state index in [-0.39, 0.29) is 17.6 Å². The molecule has 42 heavy (non-hydrogen) atoms. The quantitative estimate of drug-likeness (QED) is 0.192. The summed E-state index contributed by atoms with van der Waals surface area (Å²) >= 11 is 0. The lowest BCUT2D eigenvalue weighted by atomic mass is 9.99. The van der Waals surface area contributed by atoms with Gasteiger partial charge in [0.2, 0.25) is 5.91 Å². The molecule has 1 saturated heterocycles. The molecule has 0 aromatic heterocycles. The number of ketones is 1. The van der Waals surface area contributed by atoms with Crippen molar-refractivity contribution in [2.24, 2.45) is 5.92 Å². The number of aryl methyl sites for hydroxylation is 2. The molecule has 1 atom stereocenters. The van der Waals surface area contributed by atoms with Gasteiger partial charge in [0.1, 0.15) is 11.5 Å². The zero-order valence-electron chi connectivity index (χ0n) is 24.1. The maximum atomic E-state index is 12.9. The summed E-state index contributed by atoms with van der Waals surface area (Å²) in [5.74, 6) is 1.27. The molecule has 0 bridgehead atoms. The van der Waals surface area contributed by atoms with Crippen LogP contribution in [0.2, 0.25) is 0 Å². The summed E-state index contributed by atoms with van der Waals surface area (Å²) in [6, 6.07) is 30.3. The monoisotopic (exact) mass is 560 g/mol. The summed E-state index contributed by atoms with van der Waals surface area (Å²) < 4.78 is 6.23. The molecule has 0 spiro atoms. The van der Waals surface area contributed by atoms with Crippen LogP contribution in [0, 0.1) is 12.8 Å². The Labute approximate surface area is 247 Å². The fourth-order valence-electron chi connectivity index (χ4n) is 5.29. The molecule has 6 nitrogen and oxygen atoms in total. The standard InChI is InChI=1S/C36H36N2O4/c1-25-11-17-32(18-12-25)37-36(41)29-15-19-33(20-16-29)42-34-22-30(26(2)39)13-14-31(34)24-38-23-28(21-35(38)40)10-6-9-27-7-4-3-5-8-27/h3-5,7-8,11-20,22,28H,6,9-10,21,23-24H2,1-2H3,(H,37,41). The van der Waals surface area contributed by atoms with Crippen LogP contribution in [0.15, 0.2) is 97.1 Å². The summed E-state index contributed by atoms with van der Waals surface area (Å²) in [5, 5.41) is 2.90. The normalized spacial score (nSPS) is 14.6. The van der Waals surface area contributed by atoms with Gasteiger partial charge in [-0.05, 0) is 87.1 Å². The number of likely N-dealkylation sites (tertiary alicyclic amines) is 1. The van der Waals surface area contributed by atoms with E-state index in [1.54, 1.807) is 36.4 Å². The summed E-state index contributed by atoms with van der Waals surface area (Å²) in [5.41, 5.74) is 5.04. The van der Waals surface area contributed by atoms with Crippen LogP contribution in [0.1, 0.15) is 63.6 Å². The Morgan fingerprint density at radius 3 is 2.33 bits per heavy atom. The van der Waals surface area contributed by atoms with Crippen LogP contribution in [0.5, 0.6) is 11.5 Å². The Bertz CT molecular complexity index is 1550. The first-order chi connectivity index (χ1) is 20.3. The van der Waals surface area contributed by atoms with Crippen LogP contribution in [0.3, 0.4) is 0 Å². The second-order valence-corrected chi connectivity index (χ2v) is 11.0. The summed E-state index contributed by atoms with van der Waals surface area (Å²) in [7, 11) is 0. The third-order valence-electron chi connectivity index (χ3n) is 7.70. The third-order valence-corrected chi connectivity index (χ3v) is 7.70. The number of amides is 2. The number of hydrogen-bond acceptors (Lipinski definition) is 4. The molecule has 0 saturated carbocycles. The molecule has 0 aliphatic carbocycles. The van der Waals surface area contributed by atoms with Gasteiger partial charge in [-0.1, -0.05) is 60.2 Å². The molecule has 4 aromatic rings. The zero-order chi connectivity index (χ0) is 29.5. The average molecular weight is 561 g/mol. The number of nitrogens with zero attached hydrogens (tertiary/aromatic N) is 1. The van der Waals surface area contributed by atoms with Gasteiger partial charge in [-0.2, -0.15) is 0 Å². The molecule has 4 aromatic carbocycles. The number of rotatable bonds is 11. The fourth-order valence-corrected chi connectivity index (χ4v) is 5.29. The molecular weight excluding hydrogens is 524 g/mol. The molecule has 1 unspecified atom stereocenters. The van der Waals surface area contributed by atoms with Crippen molar-refractivity contribution in [3.8, 4) is 11.5 Å². The molecule has 214 valence electrons. The van der Waals surface area contributed by atoms with Crippen molar-refractivity contribution in [1.29, 1.82) is 0 Å².